The van der Waals surface area contributed by atoms with Gasteiger partial charge in [-0.1, -0.05) is 87.0 Å². The summed E-state index contributed by atoms with van der Waals surface area (Å²) in [5.74, 6) is 4.55. The van der Waals surface area contributed by atoms with Gasteiger partial charge in [0.1, 0.15) is 0 Å². The minimum Gasteiger partial charge on any atom is -0.0651 e. The summed E-state index contributed by atoms with van der Waals surface area (Å²) < 4.78 is 0. The van der Waals surface area contributed by atoms with Crippen molar-refractivity contribution in [1.82, 2.24) is 0 Å². The van der Waals surface area contributed by atoms with E-state index in [1.807, 2.05) is 0 Å². The minimum absolute atomic E-state index is 0.865. The van der Waals surface area contributed by atoms with E-state index in [1.165, 1.54) is 51.4 Å². The SMILES string of the molecule is CCC(C)CCC(CCC(C)C)C(C)CCCC(C)C. The highest BCUT2D eigenvalue weighted by atomic mass is 14.2. The summed E-state index contributed by atoms with van der Waals surface area (Å²) in [4.78, 5) is 0. The molecule has 0 spiro atoms. The maximum absolute atomic E-state index is 2.52. The van der Waals surface area contributed by atoms with Gasteiger partial charge in [0, 0.05) is 0 Å². The fraction of sp³-hybridized carbons (Fsp3) is 1.00. The lowest BCUT2D eigenvalue weighted by molar-refractivity contribution is 0.254. The highest BCUT2D eigenvalue weighted by Gasteiger charge is 2.18. The molecule has 0 aromatic rings. The van der Waals surface area contributed by atoms with E-state index in [9.17, 15) is 0 Å². The molecular formula is C20H42. The molecule has 0 saturated carbocycles. The zero-order valence-electron chi connectivity index (χ0n) is 15.5. The molecule has 0 bridgehead atoms. The van der Waals surface area contributed by atoms with Gasteiger partial charge in [0.15, 0.2) is 0 Å². The molecule has 0 rings (SSSR count). The predicted octanol–water partition coefficient (Wildman–Crippen LogP) is 7.33. The summed E-state index contributed by atoms with van der Waals surface area (Å²) in [5, 5.41) is 0. The van der Waals surface area contributed by atoms with Crippen LogP contribution >= 0.6 is 0 Å². The largest absolute Gasteiger partial charge is 0.0651 e. The molecule has 0 saturated heterocycles. The van der Waals surface area contributed by atoms with E-state index in [4.69, 9.17) is 0 Å². The Morgan fingerprint density at radius 2 is 1.15 bits per heavy atom. The van der Waals surface area contributed by atoms with Crippen LogP contribution in [-0.2, 0) is 0 Å². The fourth-order valence-corrected chi connectivity index (χ4v) is 3.05. The molecule has 0 aromatic carbocycles. The monoisotopic (exact) mass is 282 g/mol. The molecule has 0 fully saturated rings. The second kappa shape index (κ2) is 11.6. The van der Waals surface area contributed by atoms with Crippen molar-refractivity contribution in [2.75, 3.05) is 0 Å². The van der Waals surface area contributed by atoms with Gasteiger partial charge in [-0.15, -0.1) is 0 Å². The first kappa shape index (κ1) is 20.0. The van der Waals surface area contributed by atoms with E-state index in [0.717, 1.165) is 29.6 Å². The standard InChI is InChI=1S/C20H42/c1-8-18(6)13-15-20(14-12-17(4)5)19(7)11-9-10-16(2)3/h16-20H,8-15H2,1-7H3. The highest BCUT2D eigenvalue weighted by Crippen LogP contribution is 2.30. The van der Waals surface area contributed by atoms with Crippen LogP contribution in [0.4, 0.5) is 0 Å². The van der Waals surface area contributed by atoms with Crippen molar-refractivity contribution >= 4 is 0 Å². The van der Waals surface area contributed by atoms with Crippen LogP contribution in [0.5, 0.6) is 0 Å². The summed E-state index contributed by atoms with van der Waals surface area (Å²) in [6.07, 6.45) is 11.4. The topological polar surface area (TPSA) is 0 Å². The van der Waals surface area contributed by atoms with Crippen LogP contribution in [0.25, 0.3) is 0 Å². The molecule has 0 N–H and O–H groups in total. The lowest BCUT2D eigenvalue weighted by atomic mass is 9.80. The van der Waals surface area contributed by atoms with Crippen molar-refractivity contribution in [3.8, 4) is 0 Å². The van der Waals surface area contributed by atoms with Crippen LogP contribution in [0.15, 0.2) is 0 Å². The quantitative estimate of drug-likeness (QED) is 0.351. The minimum atomic E-state index is 0.865. The molecule has 0 heterocycles. The lowest BCUT2D eigenvalue weighted by Crippen LogP contribution is -2.14. The Labute approximate surface area is 130 Å². The third-order valence-corrected chi connectivity index (χ3v) is 5.09. The van der Waals surface area contributed by atoms with Crippen LogP contribution in [0.1, 0.15) is 99.8 Å². The maximum Gasteiger partial charge on any atom is -0.0388 e. The van der Waals surface area contributed by atoms with Gasteiger partial charge < -0.3 is 0 Å². The normalized spacial score (nSPS) is 16.6. The zero-order valence-corrected chi connectivity index (χ0v) is 15.5. The van der Waals surface area contributed by atoms with Crippen LogP contribution in [0, 0.1) is 29.6 Å². The molecule has 3 atom stereocenters. The van der Waals surface area contributed by atoms with E-state index in [-0.39, 0.29) is 0 Å². The van der Waals surface area contributed by atoms with Crippen LogP contribution in [0.3, 0.4) is 0 Å². The fourth-order valence-electron chi connectivity index (χ4n) is 3.05. The van der Waals surface area contributed by atoms with Gasteiger partial charge in [-0.3, -0.25) is 0 Å². The molecule has 0 aromatic heterocycles. The van der Waals surface area contributed by atoms with E-state index in [0.29, 0.717) is 0 Å². The molecule has 0 heteroatoms. The van der Waals surface area contributed by atoms with Gasteiger partial charge in [0.05, 0.1) is 0 Å². The lowest BCUT2D eigenvalue weighted by Gasteiger charge is -2.26. The Balaban J connectivity index is 4.18. The zero-order chi connectivity index (χ0) is 15.5. The molecule has 0 aliphatic heterocycles. The van der Waals surface area contributed by atoms with E-state index >= 15 is 0 Å². The van der Waals surface area contributed by atoms with Crippen LogP contribution < -0.4 is 0 Å². The Morgan fingerprint density at radius 1 is 0.600 bits per heavy atom. The van der Waals surface area contributed by atoms with Crippen LogP contribution in [0.2, 0.25) is 0 Å². The Hall–Kier alpha value is 0. The molecule has 0 nitrogen and oxygen atoms in total. The molecule has 0 radical (unpaired) electrons. The average molecular weight is 283 g/mol. The molecule has 0 amide bonds. The van der Waals surface area contributed by atoms with Gasteiger partial charge >= 0.3 is 0 Å². The summed E-state index contributed by atoms with van der Waals surface area (Å²) in [7, 11) is 0. The molecular weight excluding hydrogens is 240 g/mol. The van der Waals surface area contributed by atoms with Crippen molar-refractivity contribution in [3.05, 3.63) is 0 Å². The first-order chi connectivity index (χ1) is 9.36. The average Bonchev–Trinajstić information content (AvgIpc) is 2.37. The summed E-state index contributed by atoms with van der Waals surface area (Å²) in [6, 6.07) is 0. The maximum atomic E-state index is 2.52. The third kappa shape index (κ3) is 10.7. The highest BCUT2D eigenvalue weighted by molar-refractivity contribution is 4.70. The Bertz CT molecular complexity index is 204. The van der Waals surface area contributed by atoms with Gasteiger partial charge in [0.25, 0.3) is 0 Å². The predicted molar refractivity (Wildman–Crippen MR) is 94.1 cm³/mol. The Morgan fingerprint density at radius 3 is 1.65 bits per heavy atom. The van der Waals surface area contributed by atoms with Crippen molar-refractivity contribution in [1.29, 1.82) is 0 Å². The van der Waals surface area contributed by atoms with Crippen LogP contribution in [-0.4, -0.2) is 0 Å². The van der Waals surface area contributed by atoms with E-state index < -0.39 is 0 Å². The van der Waals surface area contributed by atoms with Gasteiger partial charge in [-0.05, 0) is 42.4 Å². The Kier molecular flexibility index (Phi) is 11.6. The second-order valence-electron chi connectivity index (χ2n) is 8.12. The first-order valence-electron chi connectivity index (χ1n) is 9.36. The smallest absolute Gasteiger partial charge is 0.0388 e. The summed E-state index contributed by atoms with van der Waals surface area (Å²) in [6.45, 7) is 16.7. The van der Waals surface area contributed by atoms with E-state index in [2.05, 4.69) is 48.5 Å². The summed E-state index contributed by atoms with van der Waals surface area (Å²) >= 11 is 0. The molecule has 20 heavy (non-hydrogen) atoms. The van der Waals surface area contributed by atoms with Gasteiger partial charge in [-0.25, -0.2) is 0 Å². The number of hydrogen-bond acceptors (Lipinski definition) is 0. The van der Waals surface area contributed by atoms with E-state index in [1.54, 1.807) is 0 Å². The van der Waals surface area contributed by atoms with Crippen molar-refractivity contribution in [2.24, 2.45) is 29.6 Å². The molecule has 0 aliphatic rings. The molecule has 0 aliphatic carbocycles. The summed E-state index contributed by atoms with van der Waals surface area (Å²) in [5.41, 5.74) is 0. The van der Waals surface area contributed by atoms with Crippen molar-refractivity contribution in [2.45, 2.75) is 99.8 Å². The number of hydrogen-bond donors (Lipinski definition) is 0. The number of rotatable bonds is 12. The molecule has 122 valence electrons. The van der Waals surface area contributed by atoms with Crippen molar-refractivity contribution < 1.29 is 0 Å². The van der Waals surface area contributed by atoms with Gasteiger partial charge in [-0.2, -0.15) is 0 Å². The third-order valence-electron chi connectivity index (χ3n) is 5.09. The van der Waals surface area contributed by atoms with Crippen molar-refractivity contribution in [3.63, 3.8) is 0 Å². The molecule has 3 unspecified atom stereocenters. The van der Waals surface area contributed by atoms with Gasteiger partial charge in [0.2, 0.25) is 0 Å². The second-order valence-corrected chi connectivity index (χ2v) is 8.12. The first-order valence-corrected chi connectivity index (χ1v) is 9.36.